The van der Waals surface area contributed by atoms with Gasteiger partial charge >= 0.3 is 0 Å². The fourth-order valence-electron chi connectivity index (χ4n) is 1.58. The third-order valence-electron chi connectivity index (χ3n) is 2.43. The Morgan fingerprint density at radius 1 is 1.26 bits per heavy atom. The number of alkyl halides is 1. The second-order valence-corrected chi connectivity index (χ2v) is 6.62. The van der Waals surface area contributed by atoms with Crippen molar-refractivity contribution in [3.05, 3.63) is 35.4 Å². The lowest BCUT2D eigenvalue weighted by molar-refractivity contribution is 0.567. The zero-order chi connectivity index (χ0) is 14.5. The van der Waals surface area contributed by atoms with E-state index < -0.39 is 21.7 Å². The van der Waals surface area contributed by atoms with Crippen LogP contribution in [0.4, 0.5) is 8.78 Å². The van der Waals surface area contributed by atoms with E-state index in [9.17, 15) is 17.2 Å². The number of sulfonamides is 1. The van der Waals surface area contributed by atoms with Crippen molar-refractivity contribution in [3.8, 4) is 0 Å². The van der Waals surface area contributed by atoms with Gasteiger partial charge in [-0.1, -0.05) is 6.92 Å². The van der Waals surface area contributed by atoms with Crippen LogP contribution in [-0.4, -0.2) is 26.6 Å². The summed E-state index contributed by atoms with van der Waals surface area (Å²) in [5.74, 6) is -1.29. The molecule has 0 amide bonds. The van der Waals surface area contributed by atoms with Crippen molar-refractivity contribution in [2.24, 2.45) is 5.92 Å². The van der Waals surface area contributed by atoms with E-state index in [2.05, 4.69) is 4.72 Å². The molecule has 0 heterocycles. The smallest absolute Gasteiger partial charge is 0.211 e. The number of hydrogen-bond donors (Lipinski definition) is 1. The number of hydrogen-bond acceptors (Lipinski definition) is 2. The maximum atomic E-state index is 12.9. The molecule has 3 nitrogen and oxygen atoms in total. The first-order chi connectivity index (χ1) is 8.82. The van der Waals surface area contributed by atoms with Crippen LogP contribution in [0.5, 0.6) is 0 Å². The summed E-state index contributed by atoms with van der Waals surface area (Å²) in [7, 11) is -3.41. The Morgan fingerprint density at radius 2 is 1.84 bits per heavy atom. The van der Waals surface area contributed by atoms with Crippen LogP contribution in [0.25, 0.3) is 0 Å². The predicted octanol–water partition coefficient (Wildman–Crippen LogP) is 2.30. The van der Waals surface area contributed by atoms with Crippen LogP contribution < -0.4 is 4.72 Å². The monoisotopic (exact) mass is 311 g/mol. The lowest BCUT2D eigenvalue weighted by Crippen LogP contribution is -2.31. The maximum absolute atomic E-state index is 12.9. The van der Waals surface area contributed by atoms with Gasteiger partial charge in [-0.05, 0) is 30.0 Å². The molecule has 19 heavy (non-hydrogen) atoms. The van der Waals surface area contributed by atoms with Crippen LogP contribution in [0.2, 0.25) is 0 Å². The molecule has 0 aliphatic heterocycles. The predicted molar refractivity (Wildman–Crippen MR) is 71.7 cm³/mol. The van der Waals surface area contributed by atoms with Gasteiger partial charge in [-0.25, -0.2) is 21.9 Å². The molecule has 108 valence electrons. The van der Waals surface area contributed by atoms with Gasteiger partial charge < -0.3 is 0 Å². The molecule has 0 aliphatic carbocycles. The van der Waals surface area contributed by atoms with Crippen molar-refractivity contribution in [2.75, 3.05) is 18.2 Å². The van der Waals surface area contributed by atoms with E-state index in [1.165, 1.54) is 12.1 Å². The summed E-state index contributed by atoms with van der Waals surface area (Å²) in [5.41, 5.74) is 0.408. The van der Waals surface area contributed by atoms with Gasteiger partial charge in [-0.15, -0.1) is 11.6 Å². The molecule has 7 heteroatoms. The van der Waals surface area contributed by atoms with Gasteiger partial charge in [0.25, 0.3) is 0 Å². The highest BCUT2D eigenvalue weighted by Crippen LogP contribution is 2.08. The summed E-state index contributed by atoms with van der Waals surface area (Å²) in [6.45, 7) is 1.83. The number of benzene rings is 1. The van der Waals surface area contributed by atoms with Crippen LogP contribution in [0.1, 0.15) is 12.5 Å². The van der Waals surface area contributed by atoms with Gasteiger partial charge in [0.15, 0.2) is 0 Å². The molecule has 0 spiro atoms. The zero-order valence-electron chi connectivity index (χ0n) is 10.5. The molecule has 0 bridgehead atoms. The van der Waals surface area contributed by atoms with E-state index >= 15 is 0 Å². The molecule has 0 radical (unpaired) electrons. The molecule has 0 fully saturated rings. The van der Waals surface area contributed by atoms with Crippen molar-refractivity contribution >= 4 is 21.6 Å². The summed E-state index contributed by atoms with van der Waals surface area (Å²) in [4.78, 5) is 0. The van der Waals surface area contributed by atoms with E-state index in [0.717, 1.165) is 6.07 Å². The molecule has 1 unspecified atom stereocenters. The second-order valence-electron chi connectivity index (χ2n) is 4.46. The van der Waals surface area contributed by atoms with Crippen LogP contribution in [0.3, 0.4) is 0 Å². The van der Waals surface area contributed by atoms with Crippen LogP contribution in [-0.2, 0) is 16.4 Å². The fourth-order valence-corrected chi connectivity index (χ4v) is 3.22. The van der Waals surface area contributed by atoms with Crippen molar-refractivity contribution in [1.29, 1.82) is 0 Å². The van der Waals surface area contributed by atoms with Crippen LogP contribution in [0, 0.1) is 17.6 Å². The molecule has 1 N–H and O–H groups in total. The largest absolute Gasteiger partial charge is 0.215 e. The number of halogens is 3. The highest BCUT2D eigenvalue weighted by molar-refractivity contribution is 7.89. The third-order valence-corrected chi connectivity index (χ3v) is 4.60. The Labute approximate surface area is 117 Å². The van der Waals surface area contributed by atoms with Crippen molar-refractivity contribution in [3.63, 3.8) is 0 Å². The Hall–Kier alpha value is -0.720. The van der Waals surface area contributed by atoms with Crippen molar-refractivity contribution < 1.29 is 17.2 Å². The first-order valence-corrected chi connectivity index (χ1v) is 7.99. The van der Waals surface area contributed by atoms with Crippen LogP contribution >= 0.6 is 11.6 Å². The number of nitrogens with one attached hydrogen (secondary N) is 1. The normalized spacial score (nSPS) is 13.5. The molecule has 1 rings (SSSR count). The van der Waals surface area contributed by atoms with Crippen molar-refractivity contribution in [2.45, 2.75) is 13.3 Å². The van der Waals surface area contributed by atoms with Gasteiger partial charge in [0.05, 0.1) is 5.75 Å². The van der Waals surface area contributed by atoms with E-state index in [-0.39, 0.29) is 30.5 Å². The first kappa shape index (κ1) is 16.3. The summed E-state index contributed by atoms with van der Waals surface area (Å²) in [6.07, 6.45) is 0.225. The SMILES string of the molecule is CC(CCl)CS(=O)(=O)NCCc1cc(F)cc(F)c1. The van der Waals surface area contributed by atoms with Crippen molar-refractivity contribution in [1.82, 2.24) is 4.72 Å². The maximum Gasteiger partial charge on any atom is 0.211 e. The highest BCUT2D eigenvalue weighted by Gasteiger charge is 2.14. The molecule has 1 aromatic rings. The lowest BCUT2D eigenvalue weighted by atomic mass is 10.1. The Morgan fingerprint density at radius 3 is 2.37 bits per heavy atom. The van der Waals surface area contributed by atoms with Gasteiger partial charge in [0.1, 0.15) is 11.6 Å². The Bertz CT molecular complexity index is 502. The minimum absolute atomic E-state index is 0.0615. The average molecular weight is 312 g/mol. The lowest BCUT2D eigenvalue weighted by Gasteiger charge is -2.10. The summed E-state index contributed by atoms with van der Waals surface area (Å²) >= 11 is 5.55. The first-order valence-electron chi connectivity index (χ1n) is 5.80. The highest BCUT2D eigenvalue weighted by atomic mass is 35.5. The molecule has 1 aromatic carbocycles. The molecular weight excluding hydrogens is 296 g/mol. The summed E-state index contributed by atoms with van der Waals surface area (Å²) < 4.78 is 51.4. The molecule has 1 atom stereocenters. The zero-order valence-corrected chi connectivity index (χ0v) is 12.1. The van der Waals surface area contributed by atoms with E-state index in [1.54, 1.807) is 6.92 Å². The van der Waals surface area contributed by atoms with E-state index in [4.69, 9.17) is 11.6 Å². The minimum Gasteiger partial charge on any atom is -0.215 e. The van der Waals surface area contributed by atoms with Gasteiger partial charge in [0, 0.05) is 18.5 Å². The molecule has 0 saturated heterocycles. The quantitative estimate of drug-likeness (QED) is 0.785. The van der Waals surface area contributed by atoms with Gasteiger partial charge in [-0.3, -0.25) is 0 Å². The summed E-state index contributed by atoms with van der Waals surface area (Å²) in [6, 6.07) is 3.13. The molecule has 0 aliphatic rings. The number of rotatable bonds is 7. The minimum atomic E-state index is -3.41. The Balaban J connectivity index is 2.49. The van der Waals surface area contributed by atoms with E-state index in [1.807, 2.05) is 0 Å². The average Bonchev–Trinajstić information content (AvgIpc) is 2.26. The van der Waals surface area contributed by atoms with Gasteiger partial charge in [0.2, 0.25) is 10.0 Å². The summed E-state index contributed by atoms with van der Waals surface area (Å²) in [5, 5.41) is 0. The molecule has 0 aromatic heterocycles. The topological polar surface area (TPSA) is 46.2 Å². The van der Waals surface area contributed by atoms with E-state index in [0.29, 0.717) is 5.56 Å². The standard InChI is InChI=1S/C12H16ClF2NO2S/c1-9(7-13)8-19(17,18)16-3-2-10-4-11(14)6-12(15)5-10/h4-6,9,16H,2-3,7-8H2,1H3. The van der Waals surface area contributed by atoms with Crippen LogP contribution in [0.15, 0.2) is 18.2 Å². The molecular formula is C12H16ClF2NO2S. The second kappa shape index (κ2) is 7.17. The van der Waals surface area contributed by atoms with Gasteiger partial charge in [-0.2, -0.15) is 0 Å². The fraction of sp³-hybridized carbons (Fsp3) is 0.500. The third kappa shape index (κ3) is 6.31. The molecule has 0 saturated carbocycles. The Kier molecular flexibility index (Phi) is 6.16.